The van der Waals surface area contributed by atoms with Crippen LogP contribution in [0.25, 0.3) is 0 Å². The molecular weight excluding hydrogens is 357 g/mol. The second-order valence-electron chi connectivity index (χ2n) is 6.31. The number of nitrogens with zero attached hydrogens (tertiary/aromatic N) is 3. The van der Waals surface area contributed by atoms with Crippen LogP contribution < -0.4 is 9.64 Å². The van der Waals surface area contributed by atoms with Crippen molar-refractivity contribution >= 4 is 11.6 Å². The van der Waals surface area contributed by atoms with Gasteiger partial charge in [0.1, 0.15) is 11.6 Å². The molecule has 1 amide bonds. The van der Waals surface area contributed by atoms with Crippen LogP contribution in [0.15, 0.2) is 48.5 Å². The summed E-state index contributed by atoms with van der Waals surface area (Å²) in [6.45, 7) is 6.08. The van der Waals surface area contributed by atoms with Crippen molar-refractivity contribution in [1.82, 2.24) is 4.90 Å². The summed E-state index contributed by atoms with van der Waals surface area (Å²) in [5, 5.41) is 8.95. The summed E-state index contributed by atoms with van der Waals surface area (Å²) in [6.07, 6.45) is 0.245. The van der Waals surface area contributed by atoms with E-state index in [0.29, 0.717) is 26.2 Å². The lowest BCUT2D eigenvalue weighted by atomic mass is 10.2. The van der Waals surface area contributed by atoms with Crippen LogP contribution in [-0.2, 0) is 11.3 Å². The van der Waals surface area contributed by atoms with Crippen molar-refractivity contribution in [3.05, 3.63) is 59.9 Å². The van der Waals surface area contributed by atoms with Crippen LogP contribution in [0.3, 0.4) is 0 Å². The van der Waals surface area contributed by atoms with Crippen molar-refractivity contribution in [3.63, 3.8) is 0 Å². The molecule has 2 aromatic rings. The van der Waals surface area contributed by atoms with Gasteiger partial charge in [-0.15, -0.1) is 0 Å². The number of rotatable bonds is 10. The second kappa shape index (κ2) is 11.1. The van der Waals surface area contributed by atoms with Gasteiger partial charge >= 0.3 is 0 Å². The maximum Gasteiger partial charge on any atom is 0.241 e. The van der Waals surface area contributed by atoms with E-state index in [4.69, 9.17) is 10.00 Å². The average molecular weight is 383 g/mol. The highest BCUT2D eigenvalue weighted by atomic mass is 19.1. The zero-order valence-corrected chi connectivity index (χ0v) is 16.4. The number of hydrogen-bond donors (Lipinski definition) is 0. The van der Waals surface area contributed by atoms with E-state index in [9.17, 15) is 9.18 Å². The number of carbonyl (C=O) groups is 1. The molecule has 0 fully saturated rings. The predicted molar refractivity (Wildman–Crippen MR) is 108 cm³/mol. The van der Waals surface area contributed by atoms with Gasteiger partial charge in [0.2, 0.25) is 5.91 Å². The van der Waals surface area contributed by atoms with E-state index in [1.807, 2.05) is 49.1 Å². The number of nitriles is 1. The summed E-state index contributed by atoms with van der Waals surface area (Å²) in [5.41, 5.74) is 1.55. The Labute approximate surface area is 165 Å². The van der Waals surface area contributed by atoms with E-state index in [1.165, 1.54) is 12.1 Å². The van der Waals surface area contributed by atoms with Crippen LogP contribution in [0.2, 0.25) is 0 Å². The standard InChI is InChI=1S/C22H26FN3O2/c1-3-25(16-18-7-5-8-19(23)15-18)17-22(27)26(14-6-13-24)20-9-11-21(12-10-20)28-4-2/h5,7-12,15H,3-4,6,14,16-17H2,1-2H3. The molecule has 2 rings (SSSR count). The van der Waals surface area contributed by atoms with E-state index in [1.54, 1.807) is 11.0 Å². The number of ether oxygens (including phenoxy) is 1. The lowest BCUT2D eigenvalue weighted by Crippen LogP contribution is -2.40. The maximum atomic E-state index is 13.4. The quantitative estimate of drug-likeness (QED) is 0.622. The van der Waals surface area contributed by atoms with E-state index >= 15 is 0 Å². The Morgan fingerprint density at radius 1 is 1.18 bits per heavy atom. The number of hydrogen-bond acceptors (Lipinski definition) is 4. The topological polar surface area (TPSA) is 56.6 Å². The van der Waals surface area contributed by atoms with Crippen LogP contribution in [0.5, 0.6) is 5.75 Å². The highest BCUT2D eigenvalue weighted by Crippen LogP contribution is 2.20. The number of benzene rings is 2. The van der Waals surface area contributed by atoms with Crippen molar-refractivity contribution in [2.24, 2.45) is 0 Å². The monoisotopic (exact) mass is 383 g/mol. The lowest BCUT2D eigenvalue weighted by molar-refractivity contribution is -0.119. The minimum atomic E-state index is -0.287. The van der Waals surface area contributed by atoms with Gasteiger partial charge in [-0.3, -0.25) is 9.69 Å². The van der Waals surface area contributed by atoms with E-state index < -0.39 is 0 Å². The van der Waals surface area contributed by atoms with Gasteiger partial charge in [0.05, 0.1) is 25.6 Å². The molecule has 0 saturated heterocycles. The second-order valence-corrected chi connectivity index (χ2v) is 6.31. The lowest BCUT2D eigenvalue weighted by Gasteiger charge is -2.26. The van der Waals surface area contributed by atoms with Gasteiger partial charge in [-0.25, -0.2) is 4.39 Å². The molecule has 0 spiro atoms. The van der Waals surface area contributed by atoms with Gasteiger partial charge in [0.25, 0.3) is 0 Å². The average Bonchev–Trinajstić information content (AvgIpc) is 2.69. The smallest absolute Gasteiger partial charge is 0.241 e. The van der Waals surface area contributed by atoms with E-state index in [0.717, 1.165) is 17.0 Å². The molecule has 0 radical (unpaired) electrons. The van der Waals surface area contributed by atoms with E-state index in [-0.39, 0.29) is 24.7 Å². The molecule has 6 heteroatoms. The molecule has 28 heavy (non-hydrogen) atoms. The minimum Gasteiger partial charge on any atom is -0.494 e. The fourth-order valence-electron chi connectivity index (χ4n) is 2.90. The van der Waals surface area contributed by atoms with Gasteiger partial charge < -0.3 is 9.64 Å². The van der Waals surface area contributed by atoms with Crippen LogP contribution >= 0.6 is 0 Å². The molecule has 0 saturated carbocycles. The fourth-order valence-corrected chi connectivity index (χ4v) is 2.90. The first-order valence-electron chi connectivity index (χ1n) is 9.44. The normalized spacial score (nSPS) is 10.5. The molecule has 0 aliphatic heterocycles. The van der Waals surface area contributed by atoms with Crippen molar-refractivity contribution < 1.29 is 13.9 Å². The molecule has 0 aliphatic rings. The largest absolute Gasteiger partial charge is 0.494 e. The summed E-state index contributed by atoms with van der Waals surface area (Å²) < 4.78 is 18.9. The summed E-state index contributed by atoms with van der Waals surface area (Å²) in [6, 6.07) is 15.8. The summed E-state index contributed by atoms with van der Waals surface area (Å²) >= 11 is 0. The summed E-state index contributed by atoms with van der Waals surface area (Å²) in [4.78, 5) is 16.5. The third-order valence-corrected chi connectivity index (χ3v) is 4.31. The van der Waals surface area contributed by atoms with Crippen molar-refractivity contribution in [2.75, 3.05) is 31.1 Å². The highest BCUT2D eigenvalue weighted by Gasteiger charge is 2.19. The van der Waals surface area contributed by atoms with Gasteiger partial charge in [-0.2, -0.15) is 5.26 Å². The summed E-state index contributed by atoms with van der Waals surface area (Å²) in [7, 11) is 0. The number of halogens is 1. The first kappa shape index (κ1) is 21.4. The fraction of sp³-hybridized carbons (Fsp3) is 0.364. The highest BCUT2D eigenvalue weighted by molar-refractivity contribution is 5.94. The Bertz CT molecular complexity index is 802. The molecule has 0 bridgehead atoms. The molecule has 0 aliphatic carbocycles. The van der Waals surface area contributed by atoms with Crippen LogP contribution in [0.1, 0.15) is 25.8 Å². The Kier molecular flexibility index (Phi) is 8.44. The van der Waals surface area contributed by atoms with Crippen LogP contribution in [0.4, 0.5) is 10.1 Å². The molecule has 5 nitrogen and oxygen atoms in total. The SMILES string of the molecule is CCOc1ccc(N(CCC#N)C(=O)CN(CC)Cc2cccc(F)c2)cc1. The zero-order chi connectivity index (χ0) is 20.4. The molecule has 148 valence electrons. The molecule has 0 aromatic heterocycles. The first-order valence-corrected chi connectivity index (χ1v) is 9.44. The molecule has 0 N–H and O–H groups in total. The number of likely N-dealkylation sites (N-methyl/N-ethyl adjacent to an activating group) is 1. The number of anilines is 1. The Morgan fingerprint density at radius 2 is 1.93 bits per heavy atom. The third kappa shape index (κ3) is 6.36. The van der Waals surface area contributed by atoms with Crippen molar-refractivity contribution in [3.8, 4) is 11.8 Å². The van der Waals surface area contributed by atoms with Crippen molar-refractivity contribution in [1.29, 1.82) is 5.26 Å². The minimum absolute atomic E-state index is 0.0994. The Morgan fingerprint density at radius 3 is 2.54 bits per heavy atom. The van der Waals surface area contributed by atoms with Crippen LogP contribution in [-0.4, -0.2) is 37.0 Å². The third-order valence-electron chi connectivity index (χ3n) is 4.31. The molecule has 0 unspecified atom stereocenters. The predicted octanol–water partition coefficient (Wildman–Crippen LogP) is 3.99. The summed E-state index contributed by atoms with van der Waals surface area (Å²) in [5.74, 6) is 0.350. The van der Waals surface area contributed by atoms with Crippen LogP contribution in [0, 0.1) is 17.1 Å². The molecule has 0 atom stereocenters. The first-order chi connectivity index (χ1) is 13.6. The van der Waals surface area contributed by atoms with Crippen molar-refractivity contribution in [2.45, 2.75) is 26.8 Å². The maximum absolute atomic E-state index is 13.4. The molecule has 2 aromatic carbocycles. The number of carbonyl (C=O) groups excluding carboxylic acids is 1. The Balaban J connectivity index is 2.11. The molecular formula is C22H26FN3O2. The number of amides is 1. The van der Waals surface area contributed by atoms with E-state index in [2.05, 4.69) is 6.07 Å². The van der Waals surface area contributed by atoms with Gasteiger partial charge in [-0.1, -0.05) is 19.1 Å². The van der Waals surface area contributed by atoms with Gasteiger partial charge in [0.15, 0.2) is 0 Å². The Hall–Kier alpha value is -2.91. The zero-order valence-electron chi connectivity index (χ0n) is 16.4. The van der Waals surface area contributed by atoms with Gasteiger partial charge in [-0.05, 0) is 55.4 Å². The molecule has 0 heterocycles. The van der Waals surface area contributed by atoms with Gasteiger partial charge in [0, 0.05) is 18.8 Å².